The molecule has 0 radical (unpaired) electrons. The Morgan fingerprint density at radius 2 is 1.84 bits per heavy atom. The number of aromatic nitrogens is 2. The molecule has 1 N–H and O–H groups in total. The van der Waals surface area contributed by atoms with Crippen molar-refractivity contribution in [1.29, 1.82) is 0 Å². The molecule has 0 saturated heterocycles. The Bertz CT molecular complexity index is 638. The van der Waals surface area contributed by atoms with Gasteiger partial charge in [0, 0.05) is 11.9 Å². The molecule has 0 saturated carbocycles. The van der Waals surface area contributed by atoms with Crippen LogP contribution in [-0.2, 0) is 6.18 Å². The number of nitrogens with one attached hydrogen (secondary N) is 1. The lowest BCUT2D eigenvalue weighted by Crippen LogP contribution is -2.18. The van der Waals surface area contributed by atoms with Gasteiger partial charge in [0.1, 0.15) is 0 Å². The van der Waals surface area contributed by atoms with Gasteiger partial charge in [0.05, 0.1) is 11.3 Å². The number of H-pyrrole nitrogens is 1. The van der Waals surface area contributed by atoms with E-state index in [-0.39, 0.29) is 11.6 Å². The first kappa shape index (κ1) is 13.5. The van der Waals surface area contributed by atoms with E-state index in [9.17, 15) is 18.0 Å². The van der Waals surface area contributed by atoms with E-state index in [0.29, 0.717) is 5.69 Å². The lowest BCUT2D eigenvalue weighted by atomic mass is 10.1. The summed E-state index contributed by atoms with van der Waals surface area (Å²) in [7, 11) is 0. The molecule has 19 heavy (non-hydrogen) atoms. The molecule has 0 spiro atoms. The van der Waals surface area contributed by atoms with Gasteiger partial charge in [-0.15, -0.1) is 0 Å². The van der Waals surface area contributed by atoms with E-state index in [0.717, 1.165) is 10.6 Å². The highest BCUT2D eigenvalue weighted by atomic mass is 19.4. The lowest BCUT2D eigenvalue weighted by molar-refractivity contribution is -0.137. The van der Waals surface area contributed by atoms with Crippen LogP contribution in [0, 0.1) is 0 Å². The Labute approximate surface area is 107 Å². The van der Waals surface area contributed by atoms with Crippen molar-refractivity contribution in [3.8, 4) is 5.69 Å². The normalized spacial score (nSPS) is 12.1. The van der Waals surface area contributed by atoms with Crippen LogP contribution in [0.25, 0.3) is 5.69 Å². The molecule has 6 heteroatoms. The minimum absolute atomic E-state index is 0.0343. The van der Waals surface area contributed by atoms with Gasteiger partial charge in [0.25, 0.3) is 0 Å². The van der Waals surface area contributed by atoms with Crippen LogP contribution in [0.4, 0.5) is 13.2 Å². The monoisotopic (exact) mass is 270 g/mol. The largest absolute Gasteiger partial charge is 0.418 e. The Hall–Kier alpha value is -1.98. The first-order valence-electron chi connectivity index (χ1n) is 5.79. The van der Waals surface area contributed by atoms with E-state index in [1.807, 2.05) is 13.8 Å². The van der Waals surface area contributed by atoms with Crippen molar-refractivity contribution in [3.05, 3.63) is 52.2 Å². The molecule has 2 aromatic rings. The van der Waals surface area contributed by atoms with Gasteiger partial charge in [-0.2, -0.15) is 13.2 Å². The van der Waals surface area contributed by atoms with Gasteiger partial charge in [-0.1, -0.05) is 26.0 Å². The Morgan fingerprint density at radius 1 is 1.21 bits per heavy atom. The Kier molecular flexibility index (Phi) is 3.26. The van der Waals surface area contributed by atoms with E-state index in [1.165, 1.54) is 24.4 Å². The van der Waals surface area contributed by atoms with Gasteiger partial charge < -0.3 is 4.98 Å². The molecule has 3 nitrogen and oxygen atoms in total. The summed E-state index contributed by atoms with van der Waals surface area (Å²) in [5.74, 6) is 0.0343. The van der Waals surface area contributed by atoms with Crippen LogP contribution in [-0.4, -0.2) is 9.55 Å². The lowest BCUT2D eigenvalue weighted by Gasteiger charge is -2.12. The highest BCUT2D eigenvalue weighted by Crippen LogP contribution is 2.33. The molecule has 102 valence electrons. The summed E-state index contributed by atoms with van der Waals surface area (Å²) in [5.41, 5.74) is -0.961. The van der Waals surface area contributed by atoms with Crippen molar-refractivity contribution in [3.63, 3.8) is 0 Å². The summed E-state index contributed by atoms with van der Waals surface area (Å²) < 4.78 is 39.7. The molecular weight excluding hydrogens is 257 g/mol. The molecule has 1 heterocycles. The van der Waals surface area contributed by atoms with Crippen molar-refractivity contribution < 1.29 is 13.2 Å². The highest BCUT2D eigenvalue weighted by Gasteiger charge is 2.34. The SMILES string of the molecule is CC(C)c1cn(-c2ccccc2C(F)(F)F)c(=O)[nH]1. The van der Waals surface area contributed by atoms with Crippen LogP contribution >= 0.6 is 0 Å². The summed E-state index contributed by atoms with van der Waals surface area (Å²) in [5, 5.41) is 0. The first-order chi connectivity index (χ1) is 8.80. The fourth-order valence-electron chi connectivity index (χ4n) is 1.81. The van der Waals surface area contributed by atoms with Crippen molar-refractivity contribution in [1.82, 2.24) is 9.55 Å². The van der Waals surface area contributed by atoms with Crippen LogP contribution in [0.5, 0.6) is 0 Å². The molecule has 1 aromatic carbocycles. The second kappa shape index (κ2) is 4.60. The molecule has 0 fully saturated rings. The van der Waals surface area contributed by atoms with Gasteiger partial charge in [-0.3, -0.25) is 4.57 Å². The van der Waals surface area contributed by atoms with Crippen LogP contribution in [0.3, 0.4) is 0 Å². The number of alkyl halides is 3. The molecule has 0 unspecified atom stereocenters. The van der Waals surface area contributed by atoms with Crippen molar-refractivity contribution >= 4 is 0 Å². The van der Waals surface area contributed by atoms with Crippen molar-refractivity contribution in [2.45, 2.75) is 25.9 Å². The topological polar surface area (TPSA) is 37.8 Å². The fraction of sp³-hybridized carbons (Fsp3) is 0.308. The summed E-state index contributed by atoms with van der Waals surface area (Å²) in [6.07, 6.45) is -3.08. The summed E-state index contributed by atoms with van der Waals surface area (Å²) in [6, 6.07) is 5.01. The predicted molar refractivity (Wildman–Crippen MR) is 65.5 cm³/mol. The minimum atomic E-state index is -4.49. The van der Waals surface area contributed by atoms with E-state index in [2.05, 4.69) is 4.98 Å². The molecule has 0 aliphatic heterocycles. The van der Waals surface area contributed by atoms with Crippen LogP contribution in [0.15, 0.2) is 35.3 Å². The molecule has 0 amide bonds. The van der Waals surface area contributed by atoms with Gasteiger partial charge in [-0.25, -0.2) is 4.79 Å². The standard InChI is InChI=1S/C13H13F3N2O/c1-8(2)10-7-18(12(19)17-10)11-6-4-3-5-9(11)13(14,15)16/h3-8H,1-2H3,(H,17,19). The zero-order chi connectivity index (χ0) is 14.2. The third-order valence-electron chi connectivity index (χ3n) is 2.83. The zero-order valence-electron chi connectivity index (χ0n) is 10.5. The van der Waals surface area contributed by atoms with Crippen molar-refractivity contribution in [2.24, 2.45) is 0 Å². The third-order valence-corrected chi connectivity index (χ3v) is 2.83. The van der Waals surface area contributed by atoms with E-state index < -0.39 is 17.4 Å². The highest BCUT2D eigenvalue weighted by molar-refractivity contribution is 5.43. The maximum absolute atomic E-state index is 12.9. The van der Waals surface area contributed by atoms with Gasteiger partial charge in [0.15, 0.2) is 0 Å². The minimum Gasteiger partial charge on any atom is -0.309 e. The average Bonchev–Trinajstić information content (AvgIpc) is 2.70. The van der Waals surface area contributed by atoms with Crippen LogP contribution < -0.4 is 5.69 Å². The molecule has 0 atom stereocenters. The number of hydrogen-bond donors (Lipinski definition) is 1. The maximum Gasteiger partial charge on any atom is 0.418 e. The Morgan fingerprint density at radius 3 is 2.37 bits per heavy atom. The first-order valence-corrected chi connectivity index (χ1v) is 5.79. The predicted octanol–water partition coefficient (Wildman–Crippen LogP) is 3.31. The molecule has 0 aliphatic rings. The van der Waals surface area contributed by atoms with E-state index >= 15 is 0 Å². The molecule has 1 aromatic heterocycles. The van der Waals surface area contributed by atoms with E-state index in [4.69, 9.17) is 0 Å². The number of rotatable bonds is 2. The molecule has 2 rings (SSSR count). The fourth-order valence-corrected chi connectivity index (χ4v) is 1.81. The van der Waals surface area contributed by atoms with Crippen molar-refractivity contribution in [2.75, 3.05) is 0 Å². The van der Waals surface area contributed by atoms with Gasteiger partial charge in [0.2, 0.25) is 0 Å². The number of benzene rings is 1. The average molecular weight is 270 g/mol. The summed E-state index contributed by atoms with van der Waals surface area (Å²) >= 11 is 0. The molecule has 0 aliphatic carbocycles. The number of imidazole rings is 1. The maximum atomic E-state index is 12.9. The number of halogens is 3. The molecular formula is C13H13F3N2O. The van der Waals surface area contributed by atoms with E-state index in [1.54, 1.807) is 0 Å². The summed E-state index contributed by atoms with van der Waals surface area (Å²) in [6.45, 7) is 3.70. The molecule has 0 bridgehead atoms. The quantitative estimate of drug-likeness (QED) is 0.893. The zero-order valence-corrected chi connectivity index (χ0v) is 10.5. The number of para-hydroxylation sites is 1. The van der Waals surface area contributed by atoms with Crippen LogP contribution in [0.2, 0.25) is 0 Å². The number of nitrogens with zero attached hydrogens (tertiary/aromatic N) is 1. The summed E-state index contributed by atoms with van der Waals surface area (Å²) in [4.78, 5) is 14.3. The smallest absolute Gasteiger partial charge is 0.309 e. The van der Waals surface area contributed by atoms with Gasteiger partial charge in [-0.05, 0) is 18.1 Å². The van der Waals surface area contributed by atoms with Gasteiger partial charge >= 0.3 is 11.9 Å². The second-order valence-corrected chi connectivity index (χ2v) is 4.55. The number of aromatic amines is 1. The third kappa shape index (κ3) is 2.57. The Balaban J connectivity index is 2.63. The van der Waals surface area contributed by atoms with Crippen LogP contribution in [0.1, 0.15) is 31.0 Å². The second-order valence-electron chi connectivity index (χ2n) is 4.55. The number of hydrogen-bond acceptors (Lipinski definition) is 1.